The van der Waals surface area contributed by atoms with E-state index in [2.05, 4.69) is 17.1 Å². The second-order valence-corrected chi connectivity index (χ2v) is 6.65. The van der Waals surface area contributed by atoms with Gasteiger partial charge in [-0.1, -0.05) is 25.1 Å². The molecule has 0 aromatic heterocycles. The van der Waals surface area contributed by atoms with E-state index in [1.165, 1.54) is 12.8 Å². The lowest BCUT2D eigenvalue weighted by molar-refractivity contribution is -0.127. The van der Waals surface area contributed by atoms with Crippen LogP contribution < -0.4 is 10.1 Å². The lowest BCUT2D eigenvalue weighted by atomic mass is 9.98. The zero-order valence-electron chi connectivity index (χ0n) is 13.5. The fourth-order valence-corrected chi connectivity index (χ4v) is 3.53. The zero-order chi connectivity index (χ0) is 15.5. The Hall–Kier alpha value is -1.55. The number of carbonyl (C=O) groups excluding carboxylic acids is 1. The summed E-state index contributed by atoms with van der Waals surface area (Å²) in [6, 6.07) is 8.01. The van der Waals surface area contributed by atoms with Crippen molar-refractivity contribution in [3.05, 3.63) is 29.8 Å². The van der Waals surface area contributed by atoms with Crippen molar-refractivity contribution in [1.29, 1.82) is 0 Å². The number of benzene rings is 1. The molecule has 0 spiro atoms. The highest BCUT2D eigenvalue weighted by molar-refractivity contribution is 5.82. The molecule has 1 N–H and O–H groups in total. The van der Waals surface area contributed by atoms with Gasteiger partial charge in [0, 0.05) is 18.5 Å². The topological polar surface area (TPSA) is 41.6 Å². The van der Waals surface area contributed by atoms with E-state index < -0.39 is 0 Å². The highest BCUT2D eigenvalue weighted by Gasteiger charge is 2.29. The predicted octanol–water partition coefficient (Wildman–Crippen LogP) is 2.75. The van der Waals surface area contributed by atoms with Gasteiger partial charge in [-0.3, -0.25) is 9.69 Å². The molecule has 120 valence electrons. The van der Waals surface area contributed by atoms with Crippen LogP contribution in [0.25, 0.3) is 0 Å². The Morgan fingerprint density at radius 1 is 1.36 bits per heavy atom. The molecule has 3 atom stereocenters. The van der Waals surface area contributed by atoms with Crippen LogP contribution in [0.3, 0.4) is 0 Å². The number of likely N-dealkylation sites (tertiary alicyclic amines) is 1. The van der Waals surface area contributed by atoms with Crippen LogP contribution in [0.4, 0.5) is 0 Å². The van der Waals surface area contributed by atoms with Crippen molar-refractivity contribution in [3.8, 4) is 5.75 Å². The van der Waals surface area contributed by atoms with Crippen LogP contribution in [-0.4, -0.2) is 36.5 Å². The quantitative estimate of drug-likeness (QED) is 0.933. The molecule has 4 heteroatoms. The molecule has 4 nitrogen and oxygen atoms in total. The zero-order valence-corrected chi connectivity index (χ0v) is 13.5. The maximum atomic E-state index is 12.6. The predicted molar refractivity (Wildman–Crippen MR) is 86.9 cm³/mol. The number of hydrogen-bond acceptors (Lipinski definition) is 3. The first-order chi connectivity index (χ1) is 10.6. The summed E-state index contributed by atoms with van der Waals surface area (Å²) >= 11 is 0. The SMILES string of the molecule is CC1CCCN(C(C)C(=O)NC2CCOc3ccccc32)C1. The Labute approximate surface area is 132 Å². The van der Waals surface area contributed by atoms with Crippen LogP contribution in [0, 0.1) is 5.92 Å². The van der Waals surface area contributed by atoms with E-state index in [4.69, 9.17) is 4.74 Å². The lowest BCUT2D eigenvalue weighted by Crippen LogP contribution is -2.49. The van der Waals surface area contributed by atoms with Crippen LogP contribution in [0.2, 0.25) is 0 Å². The van der Waals surface area contributed by atoms with Crippen molar-refractivity contribution in [2.24, 2.45) is 5.92 Å². The summed E-state index contributed by atoms with van der Waals surface area (Å²) in [5.74, 6) is 1.72. The molecule has 1 aromatic carbocycles. The second kappa shape index (κ2) is 6.69. The number of hydrogen-bond donors (Lipinski definition) is 1. The molecule has 0 bridgehead atoms. The van der Waals surface area contributed by atoms with Gasteiger partial charge in [-0.2, -0.15) is 0 Å². The Morgan fingerprint density at radius 2 is 2.18 bits per heavy atom. The number of nitrogens with zero attached hydrogens (tertiary/aromatic N) is 1. The van der Waals surface area contributed by atoms with E-state index in [9.17, 15) is 4.79 Å². The van der Waals surface area contributed by atoms with Crippen molar-refractivity contribution in [2.75, 3.05) is 19.7 Å². The first-order valence-electron chi connectivity index (χ1n) is 8.41. The van der Waals surface area contributed by atoms with Gasteiger partial charge in [0.05, 0.1) is 18.7 Å². The molecule has 2 aliphatic rings. The van der Waals surface area contributed by atoms with Gasteiger partial charge in [0.2, 0.25) is 5.91 Å². The molecule has 3 rings (SSSR count). The van der Waals surface area contributed by atoms with Gasteiger partial charge in [-0.15, -0.1) is 0 Å². The summed E-state index contributed by atoms with van der Waals surface area (Å²) in [5, 5.41) is 3.23. The molecule has 1 aromatic rings. The van der Waals surface area contributed by atoms with E-state index >= 15 is 0 Å². The monoisotopic (exact) mass is 302 g/mol. The lowest BCUT2D eigenvalue weighted by Gasteiger charge is -2.36. The van der Waals surface area contributed by atoms with Crippen molar-refractivity contribution in [2.45, 2.75) is 45.2 Å². The molecule has 1 fully saturated rings. The average Bonchev–Trinajstić information content (AvgIpc) is 2.54. The minimum Gasteiger partial charge on any atom is -0.493 e. The molecule has 0 saturated carbocycles. The third kappa shape index (κ3) is 3.27. The molecule has 0 radical (unpaired) electrons. The fourth-order valence-electron chi connectivity index (χ4n) is 3.53. The summed E-state index contributed by atoms with van der Waals surface area (Å²) in [4.78, 5) is 14.9. The summed E-state index contributed by atoms with van der Waals surface area (Å²) in [5.41, 5.74) is 1.10. The Kier molecular flexibility index (Phi) is 4.67. The largest absolute Gasteiger partial charge is 0.493 e. The molecule has 2 heterocycles. The second-order valence-electron chi connectivity index (χ2n) is 6.65. The molecule has 3 unspecified atom stereocenters. The number of carbonyl (C=O) groups is 1. The van der Waals surface area contributed by atoms with E-state index in [0.717, 1.165) is 30.8 Å². The first kappa shape index (κ1) is 15.3. The maximum Gasteiger partial charge on any atom is 0.237 e. The van der Waals surface area contributed by atoms with Gasteiger partial charge in [-0.05, 0) is 38.3 Å². The highest BCUT2D eigenvalue weighted by atomic mass is 16.5. The van der Waals surface area contributed by atoms with Crippen molar-refractivity contribution >= 4 is 5.91 Å². The van der Waals surface area contributed by atoms with Gasteiger partial charge in [0.15, 0.2) is 0 Å². The average molecular weight is 302 g/mol. The molecular formula is C18H26N2O2. The smallest absolute Gasteiger partial charge is 0.237 e. The Morgan fingerprint density at radius 3 is 3.00 bits per heavy atom. The van der Waals surface area contributed by atoms with Gasteiger partial charge in [0.25, 0.3) is 0 Å². The van der Waals surface area contributed by atoms with E-state index in [-0.39, 0.29) is 18.0 Å². The first-order valence-corrected chi connectivity index (χ1v) is 8.41. The standard InChI is InChI=1S/C18H26N2O2/c1-13-6-5-10-20(12-13)14(2)18(21)19-16-9-11-22-17-8-4-3-7-15(16)17/h3-4,7-8,13-14,16H,5-6,9-12H2,1-2H3,(H,19,21). The molecule has 1 amide bonds. The van der Waals surface area contributed by atoms with Crippen LogP contribution in [0.1, 0.15) is 44.7 Å². The minimum atomic E-state index is -0.0576. The van der Waals surface area contributed by atoms with Crippen LogP contribution in [0.5, 0.6) is 5.75 Å². The third-order valence-corrected chi connectivity index (χ3v) is 4.89. The van der Waals surface area contributed by atoms with Crippen molar-refractivity contribution in [1.82, 2.24) is 10.2 Å². The fraction of sp³-hybridized carbons (Fsp3) is 0.611. The maximum absolute atomic E-state index is 12.6. The van der Waals surface area contributed by atoms with Crippen LogP contribution in [0.15, 0.2) is 24.3 Å². The van der Waals surface area contributed by atoms with Gasteiger partial charge < -0.3 is 10.1 Å². The normalized spacial score (nSPS) is 26.6. The molecule has 2 aliphatic heterocycles. The van der Waals surface area contributed by atoms with Crippen LogP contribution in [-0.2, 0) is 4.79 Å². The number of nitrogens with one attached hydrogen (secondary N) is 1. The summed E-state index contributed by atoms with van der Waals surface area (Å²) in [6.45, 7) is 7.02. The number of rotatable bonds is 3. The Balaban J connectivity index is 1.64. The number of piperidine rings is 1. The number of para-hydroxylation sites is 1. The van der Waals surface area contributed by atoms with E-state index in [1.54, 1.807) is 0 Å². The summed E-state index contributed by atoms with van der Waals surface area (Å²) in [7, 11) is 0. The number of ether oxygens (including phenoxy) is 1. The van der Waals surface area contributed by atoms with Crippen molar-refractivity contribution in [3.63, 3.8) is 0 Å². The van der Waals surface area contributed by atoms with Gasteiger partial charge >= 0.3 is 0 Å². The van der Waals surface area contributed by atoms with E-state index in [0.29, 0.717) is 12.5 Å². The third-order valence-electron chi connectivity index (χ3n) is 4.89. The highest BCUT2D eigenvalue weighted by Crippen LogP contribution is 2.31. The Bertz CT molecular complexity index is 532. The summed E-state index contributed by atoms with van der Waals surface area (Å²) < 4.78 is 5.66. The van der Waals surface area contributed by atoms with E-state index in [1.807, 2.05) is 31.2 Å². The van der Waals surface area contributed by atoms with Gasteiger partial charge in [-0.25, -0.2) is 0 Å². The molecule has 0 aliphatic carbocycles. The minimum absolute atomic E-state index is 0.0576. The van der Waals surface area contributed by atoms with Crippen molar-refractivity contribution < 1.29 is 9.53 Å². The number of fused-ring (bicyclic) bond motifs is 1. The molecular weight excluding hydrogens is 276 g/mol. The molecule has 1 saturated heterocycles. The van der Waals surface area contributed by atoms with Crippen LogP contribution >= 0.6 is 0 Å². The number of amides is 1. The van der Waals surface area contributed by atoms with Gasteiger partial charge in [0.1, 0.15) is 5.75 Å². The summed E-state index contributed by atoms with van der Waals surface area (Å²) in [6.07, 6.45) is 3.31. The molecule has 22 heavy (non-hydrogen) atoms.